The molecule has 0 saturated carbocycles. The van der Waals surface area contributed by atoms with Crippen LogP contribution in [0.15, 0.2) is 28.7 Å². The van der Waals surface area contributed by atoms with Gasteiger partial charge in [-0.3, -0.25) is 0 Å². The molecule has 3 nitrogen and oxygen atoms in total. The van der Waals surface area contributed by atoms with Gasteiger partial charge in [0, 0.05) is 37.2 Å². The van der Waals surface area contributed by atoms with Crippen LogP contribution in [-0.2, 0) is 0 Å². The summed E-state index contributed by atoms with van der Waals surface area (Å²) in [5.74, 6) is 0.555. The first-order valence-electron chi connectivity index (χ1n) is 9.05. The van der Waals surface area contributed by atoms with Gasteiger partial charge in [0.05, 0.1) is 6.10 Å². The van der Waals surface area contributed by atoms with E-state index in [0.29, 0.717) is 5.92 Å². The summed E-state index contributed by atoms with van der Waals surface area (Å²) in [7, 11) is 0. The molecule has 0 radical (unpaired) electrons. The molecule has 1 aliphatic rings. The average Bonchev–Trinajstić information content (AvgIpc) is 2.55. The van der Waals surface area contributed by atoms with Crippen molar-refractivity contribution in [1.82, 2.24) is 10.2 Å². The Morgan fingerprint density at radius 1 is 1.22 bits per heavy atom. The number of rotatable bonds is 9. The number of benzene rings is 1. The standard InChI is InChI=1S/C19H31BrN2O/c1-2-5-19(23)9-4-7-17(15-22-12-10-21-11-13-22)16-6-3-8-18(20)14-16/h3,6,8,14,17,19,21,23H,2,4-5,7,9-13,15H2,1H3. The van der Waals surface area contributed by atoms with E-state index < -0.39 is 0 Å². The molecule has 1 fully saturated rings. The largest absolute Gasteiger partial charge is 0.393 e. The minimum Gasteiger partial charge on any atom is -0.393 e. The molecule has 0 amide bonds. The highest BCUT2D eigenvalue weighted by Crippen LogP contribution is 2.26. The van der Waals surface area contributed by atoms with Crippen molar-refractivity contribution in [1.29, 1.82) is 0 Å². The van der Waals surface area contributed by atoms with Gasteiger partial charge < -0.3 is 15.3 Å². The second kappa shape index (κ2) is 10.4. The summed E-state index contributed by atoms with van der Waals surface area (Å²) in [4.78, 5) is 2.57. The molecule has 1 aliphatic heterocycles. The second-order valence-corrected chi connectivity index (χ2v) is 7.59. The van der Waals surface area contributed by atoms with Crippen LogP contribution in [0.4, 0.5) is 0 Å². The van der Waals surface area contributed by atoms with Gasteiger partial charge in [-0.2, -0.15) is 0 Å². The number of halogens is 1. The Morgan fingerprint density at radius 3 is 2.70 bits per heavy atom. The average molecular weight is 383 g/mol. The van der Waals surface area contributed by atoms with Gasteiger partial charge in [-0.1, -0.05) is 47.8 Å². The molecule has 2 atom stereocenters. The molecule has 1 heterocycles. The van der Waals surface area contributed by atoms with Gasteiger partial charge in [0.15, 0.2) is 0 Å². The highest BCUT2D eigenvalue weighted by Gasteiger charge is 2.18. The summed E-state index contributed by atoms with van der Waals surface area (Å²) < 4.78 is 1.16. The van der Waals surface area contributed by atoms with Crippen LogP contribution in [0.5, 0.6) is 0 Å². The lowest BCUT2D eigenvalue weighted by Gasteiger charge is -2.31. The zero-order chi connectivity index (χ0) is 16.5. The van der Waals surface area contributed by atoms with E-state index in [1.54, 1.807) is 0 Å². The van der Waals surface area contributed by atoms with Gasteiger partial charge in [-0.15, -0.1) is 0 Å². The SMILES string of the molecule is CCCC(O)CCCC(CN1CCNCC1)c1cccc(Br)c1. The van der Waals surface area contributed by atoms with Crippen LogP contribution in [0, 0.1) is 0 Å². The summed E-state index contributed by atoms with van der Waals surface area (Å²) >= 11 is 3.60. The lowest BCUT2D eigenvalue weighted by molar-refractivity contribution is 0.147. The van der Waals surface area contributed by atoms with E-state index in [9.17, 15) is 5.11 Å². The lowest BCUT2D eigenvalue weighted by Crippen LogP contribution is -2.45. The fourth-order valence-corrected chi connectivity index (χ4v) is 3.82. The van der Waals surface area contributed by atoms with Gasteiger partial charge >= 0.3 is 0 Å². The third-order valence-electron chi connectivity index (χ3n) is 4.72. The maximum absolute atomic E-state index is 9.97. The van der Waals surface area contributed by atoms with E-state index in [0.717, 1.165) is 69.3 Å². The fourth-order valence-electron chi connectivity index (χ4n) is 3.41. The normalized spacial score (nSPS) is 18.7. The zero-order valence-corrected chi connectivity index (χ0v) is 15.9. The van der Waals surface area contributed by atoms with Crippen LogP contribution in [0.2, 0.25) is 0 Å². The molecule has 2 unspecified atom stereocenters. The molecule has 0 aromatic heterocycles. The molecular weight excluding hydrogens is 352 g/mol. The van der Waals surface area contributed by atoms with Crippen LogP contribution in [0.3, 0.4) is 0 Å². The molecule has 0 aliphatic carbocycles. The minimum absolute atomic E-state index is 0.123. The molecule has 0 bridgehead atoms. The number of hydrogen-bond donors (Lipinski definition) is 2. The van der Waals surface area contributed by atoms with Crippen molar-refractivity contribution in [2.45, 2.75) is 51.0 Å². The van der Waals surface area contributed by atoms with Gasteiger partial charge in [0.25, 0.3) is 0 Å². The number of nitrogens with zero attached hydrogens (tertiary/aromatic N) is 1. The molecule has 2 N–H and O–H groups in total. The monoisotopic (exact) mass is 382 g/mol. The Labute approximate surface area is 149 Å². The molecule has 1 aromatic rings. The van der Waals surface area contributed by atoms with Gasteiger partial charge in [-0.25, -0.2) is 0 Å². The van der Waals surface area contributed by atoms with Gasteiger partial charge in [-0.05, 0) is 42.9 Å². The fraction of sp³-hybridized carbons (Fsp3) is 0.684. The van der Waals surface area contributed by atoms with Gasteiger partial charge in [0.2, 0.25) is 0 Å². The first-order valence-corrected chi connectivity index (χ1v) is 9.85. The van der Waals surface area contributed by atoms with Crippen molar-refractivity contribution in [3.05, 3.63) is 34.3 Å². The number of piperazine rings is 1. The summed E-state index contributed by atoms with van der Waals surface area (Å²) in [6.45, 7) is 7.74. The van der Waals surface area contributed by atoms with Crippen LogP contribution in [0.25, 0.3) is 0 Å². The lowest BCUT2D eigenvalue weighted by atomic mass is 9.91. The summed E-state index contributed by atoms with van der Waals surface area (Å²) in [6.07, 6.45) is 5.06. The van der Waals surface area contributed by atoms with Crippen LogP contribution < -0.4 is 5.32 Å². The van der Waals surface area contributed by atoms with Crippen molar-refractivity contribution in [2.75, 3.05) is 32.7 Å². The second-order valence-electron chi connectivity index (χ2n) is 6.68. The molecular formula is C19H31BrN2O. The highest BCUT2D eigenvalue weighted by atomic mass is 79.9. The molecule has 23 heavy (non-hydrogen) atoms. The van der Waals surface area contributed by atoms with E-state index in [-0.39, 0.29) is 6.10 Å². The summed E-state index contributed by atoms with van der Waals surface area (Å²) in [5, 5.41) is 13.4. The quantitative estimate of drug-likeness (QED) is 0.682. The topological polar surface area (TPSA) is 35.5 Å². The van der Waals surface area contributed by atoms with E-state index in [1.165, 1.54) is 5.56 Å². The van der Waals surface area contributed by atoms with E-state index in [2.05, 4.69) is 57.3 Å². The Kier molecular flexibility index (Phi) is 8.59. The van der Waals surface area contributed by atoms with E-state index in [1.807, 2.05) is 0 Å². The summed E-state index contributed by atoms with van der Waals surface area (Å²) in [5.41, 5.74) is 1.42. The van der Waals surface area contributed by atoms with Crippen molar-refractivity contribution in [3.63, 3.8) is 0 Å². The van der Waals surface area contributed by atoms with Crippen LogP contribution in [0.1, 0.15) is 50.5 Å². The maximum Gasteiger partial charge on any atom is 0.0540 e. The Balaban J connectivity index is 1.93. The Bertz CT molecular complexity index is 449. The molecule has 1 aromatic carbocycles. The van der Waals surface area contributed by atoms with E-state index in [4.69, 9.17) is 0 Å². The van der Waals surface area contributed by atoms with Crippen molar-refractivity contribution >= 4 is 15.9 Å². The van der Waals surface area contributed by atoms with Crippen molar-refractivity contribution < 1.29 is 5.11 Å². The first-order chi connectivity index (χ1) is 11.2. The van der Waals surface area contributed by atoms with Crippen molar-refractivity contribution in [3.8, 4) is 0 Å². The maximum atomic E-state index is 9.97. The molecule has 1 saturated heterocycles. The molecule has 2 rings (SSSR count). The number of hydrogen-bond acceptors (Lipinski definition) is 3. The van der Waals surface area contributed by atoms with Crippen LogP contribution >= 0.6 is 15.9 Å². The summed E-state index contributed by atoms with van der Waals surface area (Å²) in [6, 6.07) is 8.74. The molecule has 130 valence electrons. The van der Waals surface area contributed by atoms with Crippen molar-refractivity contribution in [2.24, 2.45) is 0 Å². The number of nitrogens with one attached hydrogen (secondary N) is 1. The van der Waals surface area contributed by atoms with E-state index >= 15 is 0 Å². The Morgan fingerprint density at radius 2 is 2.00 bits per heavy atom. The minimum atomic E-state index is -0.123. The third kappa shape index (κ3) is 6.92. The molecule has 4 heteroatoms. The predicted molar refractivity (Wildman–Crippen MR) is 101 cm³/mol. The highest BCUT2D eigenvalue weighted by molar-refractivity contribution is 9.10. The smallest absolute Gasteiger partial charge is 0.0540 e. The number of aliphatic hydroxyl groups excluding tert-OH is 1. The first kappa shape index (κ1) is 18.9. The predicted octanol–water partition coefficient (Wildman–Crippen LogP) is 3.77. The van der Waals surface area contributed by atoms with Gasteiger partial charge in [0.1, 0.15) is 0 Å². The third-order valence-corrected chi connectivity index (χ3v) is 5.21. The van der Waals surface area contributed by atoms with Crippen LogP contribution in [-0.4, -0.2) is 48.8 Å². The zero-order valence-electron chi connectivity index (χ0n) is 14.3. The number of aliphatic hydroxyl groups is 1. The molecule has 0 spiro atoms. The Hall–Kier alpha value is -0.420.